The molecule has 0 saturated carbocycles. The van der Waals surface area contributed by atoms with Crippen LogP contribution in [0.1, 0.15) is 54.6 Å². The van der Waals surface area contributed by atoms with Gasteiger partial charge in [0.25, 0.3) is 0 Å². The first-order valence-electron chi connectivity index (χ1n) is 14.7. The molecule has 2 aliphatic heterocycles. The van der Waals surface area contributed by atoms with E-state index in [4.69, 9.17) is 10.5 Å². The molecule has 8 nitrogen and oxygen atoms in total. The number of hydrogen-bond acceptors (Lipinski definition) is 7. The summed E-state index contributed by atoms with van der Waals surface area (Å²) >= 11 is 0. The highest BCUT2D eigenvalue weighted by Crippen LogP contribution is 2.33. The predicted octanol–water partition coefficient (Wildman–Crippen LogP) is 4.83. The molecule has 4 rings (SSSR count). The smallest absolute Gasteiger partial charge is 0.250 e. The Kier molecular flexibility index (Phi) is 10.9. The predicted molar refractivity (Wildman–Crippen MR) is 167 cm³/mol. The van der Waals surface area contributed by atoms with Gasteiger partial charge in [-0.05, 0) is 60.0 Å². The minimum Gasteiger partial charge on any atom is -0.387 e. The summed E-state index contributed by atoms with van der Waals surface area (Å²) in [4.78, 5) is 36.2. The van der Waals surface area contributed by atoms with Crippen LogP contribution in [-0.2, 0) is 9.53 Å². The average molecular weight is 558 g/mol. The van der Waals surface area contributed by atoms with Crippen LogP contribution in [0.5, 0.6) is 0 Å². The first-order chi connectivity index (χ1) is 19.9. The molecule has 1 amide bonds. The Hall–Kier alpha value is -3.75. The van der Waals surface area contributed by atoms with Crippen molar-refractivity contribution in [3.63, 3.8) is 0 Å². The molecule has 0 bridgehead atoms. The topological polar surface area (TPSA) is 91.5 Å². The summed E-state index contributed by atoms with van der Waals surface area (Å²) in [6.07, 6.45) is 8.99. The first kappa shape index (κ1) is 30.2. The second-order valence-corrected chi connectivity index (χ2v) is 10.7. The Labute approximate surface area is 244 Å². The van der Waals surface area contributed by atoms with Gasteiger partial charge in [0.15, 0.2) is 6.29 Å². The number of likely N-dealkylation sites (N-methyl/N-ethyl adjacent to an activating group) is 1. The van der Waals surface area contributed by atoms with E-state index in [9.17, 15) is 9.59 Å². The van der Waals surface area contributed by atoms with E-state index in [1.807, 2.05) is 66.7 Å². The van der Waals surface area contributed by atoms with Crippen LogP contribution < -0.4 is 5.73 Å². The fourth-order valence-corrected chi connectivity index (χ4v) is 5.18. The van der Waals surface area contributed by atoms with E-state index < -0.39 is 0 Å². The number of rotatable bonds is 12. The van der Waals surface area contributed by atoms with Gasteiger partial charge in [0, 0.05) is 69.4 Å². The van der Waals surface area contributed by atoms with Gasteiger partial charge < -0.3 is 20.3 Å². The molecule has 1 saturated heterocycles. The number of amides is 1. The van der Waals surface area contributed by atoms with Crippen molar-refractivity contribution in [3.05, 3.63) is 64.9 Å². The number of carbonyl (C=O) groups is 2. The van der Waals surface area contributed by atoms with Gasteiger partial charge in [0.05, 0.1) is 18.9 Å². The Morgan fingerprint density at radius 3 is 2.44 bits per heavy atom. The number of nitrogens with zero attached hydrogens (tertiary/aromatic N) is 4. The highest BCUT2D eigenvalue weighted by atomic mass is 16.5. The fourth-order valence-electron chi connectivity index (χ4n) is 5.18. The molecule has 0 unspecified atom stereocenters. The monoisotopic (exact) mass is 557 g/mol. The van der Waals surface area contributed by atoms with Gasteiger partial charge in [0.2, 0.25) is 5.91 Å². The molecule has 0 aliphatic carbocycles. The summed E-state index contributed by atoms with van der Waals surface area (Å²) in [5, 5.41) is 0. The van der Waals surface area contributed by atoms with Crippen molar-refractivity contribution in [1.82, 2.24) is 14.7 Å². The third-order valence-corrected chi connectivity index (χ3v) is 7.47. The second kappa shape index (κ2) is 14.8. The van der Waals surface area contributed by atoms with Crippen molar-refractivity contribution in [2.75, 3.05) is 59.5 Å². The van der Waals surface area contributed by atoms with E-state index >= 15 is 0 Å². The minimum atomic E-state index is 0.0274. The average Bonchev–Trinajstić information content (AvgIpc) is 3.16. The van der Waals surface area contributed by atoms with Gasteiger partial charge in [0.1, 0.15) is 5.84 Å². The van der Waals surface area contributed by atoms with E-state index in [0.29, 0.717) is 23.4 Å². The van der Waals surface area contributed by atoms with Gasteiger partial charge in [-0.1, -0.05) is 38.1 Å². The molecular weight excluding hydrogens is 514 g/mol. The molecule has 0 radical (unpaired) electrons. The lowest BCUT2D eigenvalue weighted by Gasteiger charge is -2.28. The highest BCUT2D eigenvalue weighted by Gasteiger charge is 2.21. The number of hydrogen-bond donors (Lipinski definition) is 1. The molecule has 218 valence electrons. The molecule has 2 aliphatic rings. The molecule has 0 spiro atoms. The summed E-state index contributed by atoms with van der Waals surface area (Å²) in [5.74, 6) is 0.452. The maximum absolute atomic E-state index is 13.3. The zero-order valence-electron chi connectivity index (χ0n) is 24.6. The molecule has 0 aromatic heterocycles. The third kappa shape index (κ3) is 8.15. The summed E-state index contributed by atoms with van der Waals surface area (Å²) in [6, 6.07) is 11.9. The number of aliphatic imine (C=N–C) groups is 1. The summed E-state index contributed by atoms with van der Waals surface area (Å²) in [7, 11) is 2.05. The number of morpholine rings is 1. The Balaban J connectivity index is 1.55. The van der Waals surface area contributed by atoms with Gasteiger partial charge in [-0.25, -0.2) is 4.99 Å². The molecule has 2 aromatic rings. The molecule has 2 aromatic carbocycles. The van der Waals surface area contributed by atoms with Crippen molar-refractivity contribution in [2.24, 2.45) is 10.7 Å². The summed E-state index contributed by atoms with van der Waals surface area (Å²) in [5.41, 5.74) is 12.0. The van der Waals surface area contributed by atoms with Gasteiger partial charge >= 0.3 is 0 Å². The standard InChI is InChI=1S/C33H43N5O3/c1-4-11-38(12-5-2)33(40)30-21-28-8-6-26(22-31(28)35-32(34)23-30)25-7-9-29(24-39)27(20-25)10-13-36(3)14-15-37-16-18-41-19-17-37/h6-10,13,20-22,24H,4-5,11-12,14-19,23H2,1-3H3,(H2,34,35)/b13-10-. The van der Waals surface area contributed by atoms with E-state index in [-0.39, 0.29) is 5.91 Å². The SMILES string of the molecule is CCCN(CCC)C(=O)C1=Cc2ccc(-c3ccc(C=O)c(/C=C\N(C)CCN4CCOCC4)c3)cc2N=C(N)C1. The van der Waals surface area contributed by atoms with Crippen LogP contribution in [-0.4, -0.2) is 92.3 Å². The number of ether oxygens (including phenoxy) is 1. The lowest BCUT2D eigenvalue weighted by atomic mass is 9.97. The van der Waals surface area contributed by atoms with E-state index in [1.54, 1.807) is 0 Å². The molecule has 1 fully saturated rings. The second-order valence-electron chi connectivity index (χ2n) is 10.7. The molecular formula is C33H43N5O3. The van der Waals surface area contributed by atoms with Crippen LogP contribution in [0.25, 0.3) is 23.3 Å². The van der Waals surface area contributed by atoms with Crippen LogP contribution in [0.4, 0.5) is 5.69 Å². The van der Waals surface area contributed by atoms with E-state index in [0.717, 1.165) is 99.6 Å². The van der Waals surface area contributed by atoms with Crippen molar-refractivity contribution in [2.45, 2.75) is 33.1 Å². The van der Waals surface area contributed by atoms with Crippen LogP contribution >= 0.6 is 0 Å². The van der Waals surface area contributed by atoms with Crippen LogP contribution in [0.3, 0.4) is 0 Å². The first-order valence-corrected chi connectivity index (χ1v) is 14.7. The summed E-state index contributed by atoms with van der Waals surface area (Å²) < 4.78 is 5.43. The number of benzene rings is 2. The summed E-state index contributed by atoms with van der Waals surface area (Å²) in [6.45, 7) is 11.0. The lowest BCUT2D eigenvalue weighted by Crippen LogP contribution is -2.39. The number of carbonyl (C=O) groups excluding carboxylic acids is 2. The maximum Gasteiger partial charge on any atom is 0.250 e. The normalized spacial score (nSPS) is 15.6. The van der Waals surface area contributed by atoms with E-state index in [2.05, 4.69) is 28.6 Å². The Bertz CT molecular complexity index is 1300. The Morgan fingerprint density at radius 1 is 1.02 bits per heavy atom. The zero-order valence-corrected chi connectivity index (χ0v) is 24.6. The Morgan fingerprint density at radius 2 is 1.73 bits per heavy atom. The number of nitrogens with two attached hydrogens (primary N) is 1. The fraction of sp³-hybridized carbons (Fsp3) is 0.424. The number of fused-ring (bicyclic) bond motifs is 1. The maximum atomic E-state index is 13.3. The zero-order chi connectivity index (χ0) is 29.2. The highest BCUT2D eigenvalue weighted by molar-refractivity contribution is 6.05. The molecule has 2 N–H and O–H groups in total. The van der Waals surface area contributed by atoms with Crippen molar-refractivity contribution in [1.29, 1.82) is 0 Å². The molecule has 41 heavy (non-hydrogen) atoms. The molecule has 8 heteroatoms. The van der Waals surface area contributed by atoms with Crippen molar-refractivity contribution < 1.29 is 14.3 Å². The van der Waals surface area contributed by atoms with E-state index in [1.165, 1.54) is 0 Å². The minimum absolute atomic E-state index is 0.0274. The van der Waals surface area contributed by atoms with Gasteiger partial charge in [-0.3, -0.25) is 14.5 Å². The quantitative estimate of drug-likeness (QED) is 0.376. The lowest BCUT2D eigenvalue weighted by molar-refractivity contribution is -0.127. The van der Waals surface area contributed by atoms with Gasteiger partial charge in [-0.2, -0.15) is 0 Å². The number of aldehydes is 1. The third-order valence-electron chi connectivity index (χ3n) is 7.47. The van der Waals surface area contributed by atoms with Crippen LogP contribution in [0.2, 0.25) is 0 Å². The number of amidine groups is 1. The van der Waals surface area contributed by atoms with Crippen LogP contribution in [0, 0.1) is 0 Å². The molecule has 0 atom stereocenters. The van der Waals surface area contributed by atoms with Gasteiger partial charge in [-0.15, -0.1) is 0 Å². The van der Waals surface area contributed by atoms with Crippen LogP contribution in [0.15, 0.2) is 53.2 Å². The molecule has 2 heterocycles. The largest absolute Gasteiger partial charge is 0.387 e. The van der Waals surface area contributed by atoms with Crippen molar-refractivity contribution >= 4 is 35.9 Å². The van der Waals surface area contributed by atoms with Crippen molar-refractivity contribution in [3.8, 4) is 11.1 Å².